The van der Waals surface area contributed by atoms with Gasteiger partial charge in [-0.15, -0.1) is 0 Å². The van der Waals surface area contributed by atoms with Crippen molar-refractivity contribution in [1.82, 2.24) is 15.0 Å². The Kier molecular flexibility index (Phi) is 4.19. The van der Waals surface area contributed by atoms with Crippen molar-refractivity contribution in [2.45, 2.75) is 12.6 Å². The molecule has 0 N–H and O–H groups in total. The van der Waals surface area contributed by atoms with E-state index in [-0.39, 0.29) is 6.10 Å². The average Bonchev–Trinajstić information content (AvgIpc) is 3.28. The molecule has 4 rings (SSSR count). The van der Waals surface area contributed by atoms with E-state index in [0.717, 1.165) is 25.2 Å². The molecule has 0 unspecified atom stereocenters. The van der Waals surface area contributed by atoms with Crippen molar-refractivity contribution in [3.8, 4) is 11.4 Å². The van der Waals surface area contributed by atoms with Gasteiger partial charge in [-0.3, -0.25) is 4.90 Å². The Morgan fingerprint density at radius 2 is 2.13 bits per heavy atom. The second-order valence-corrected chi connectivity index (χ2v) is 6.33. The van der Waals surface area contributed by atoms with Crippen molar-refractivity contribution in [1.29, 1.82) is 0 Å². The van der Waals surface area contributed by atoms with Crippen LogP contribution in [0.5, 0.6) is 0 Å². The zero-order chi connectivity index (χ0) is 15.5. The molecule has 1 aromatic carbocycles. The molecule has 0 amide bonds. The first-order valence-corrected chi connectivity index (χ1v) is 8.57. The Hall–Kier alpha value is -2.02. The quantitative estimate of drug-likeness (QED) is 0.735. The first-order chi connectivity index (χ1) is 11.4. The van der Waals surface area contributed by atoms with Crippen LogP contribution in [0.4, 0.5) is 0 Å². The summed E-state index contributed by atoms with van der Waals surface area (Å²) in [5.74, 6) is 1.16. The predicted octanol–water partition coefficient (Wildman–Crippen LogP) is 3.37. The molecule has 0 radical (unpaired) electrons. The van der Waals surface area contributed by atoms with Crippen LogP contribution in [0.15, 0.2) is 51.7 Å². The van der Waals surface area contributed by atoms with E-state index in [1.54, 1.807) is 11.3 Å². The van der Waals surface area contributed by atoms with Crippen LogP contribution in [0.3, 0.4) is 0 Å². The first-order valence-electron chi connectivity index (χ1n) is 7.62. The molecule has 0 spiro atoms. The summed E-state index contributed by atoms with van der Waals surface area (Å²) in [5, 5.41) is 8.37. The molecule has 1 aliphatic rings. The number of morpholine rings is 1. The fourth-order valence-electron chi connectivity index (χ4n) is 2.71. The van der Waals surface area contributed by atoms with Gasteiger partial charge in [0.1, 0.15) is 6.10 Å². The van der Waals surface area contributed by atoms with Crippen LogP contribution in [-0.4, -0.2) is 34.7 Å². The zero-order valence-corrected chi connectivity index (χ0v) is 13.4. The Morgan fingerprint density at radius 1 is 1.22 bits per heavy atom. The molecule has 0 bridgehead atoms. The van der Waals surface area contributed by atoms with Crippen LogP contribution in [-0.2, 0) is 11.3 Å². The van der Waals surface area contributed by atoms with Gasteiger partial charge in [0.2, 0.25) is 5.82 Å². The Bertz CT molecular complexity index is 742. The lowest BCUT2D eigenvalue weighted by atomic mass is 10.2. The Balaban J connectivity index is 1.46. The van der Waals surface area contributed by atoms with Crippen LogP contribution in [0.1, 0.15) is 17.6 Å². The minimum Gasteiger partial charge on any atom is -0.366 e. The molecular weight excluding hydrogens is 310 g/mol. The van der Waals surface area contributed by atoms with Gasteiger partial charge in [0.05, 0.1) is 6.61 Å². The van der Waals surface area contributed by atoms with Crippen molar-refractivity contribution in [2.24, 2.45) is 0 Å². The van der Waals surface area contributed by atoms with Gasteiger partial charge < -0.3 is 9.26 Å². The maximum atomic E-state index is 5.83. The summed E-state index contributed by atoms with van der Waals surface area (Å²) < 4.78 is 11.3. The van der Waals surface area contributed by atoms with E-state index >= 15 is 0 Å². The van der Waals surface area contributed by atoms with Gasteiger partial charge in [-0.25, -0.2) is 0 Å². The molecule has 118 valence electrons. The average molecular weight is 327 g/mol. The minimum atomic E-state index is -0.160. The summed E-state index contributed by atoms with van der Waals surface area (Å²) in [6.07, 6.45) is -0.160. The van der Waals surface area contributed by atoms with E-state index in [2.05, 4.69) is 31.9 Å². The number of nitrogens with zero attached hydrogens (tertiary/aromatic N) is 3. The third-order valence-electron chi connectivity index (χ3n) is 3.89. The molecule has 3 aromatic rings. The third-order valence-corrected chi connectivity index (χ3v) is 4.62. The highest BCUT2D eigenvalue weighted by Crippen LogP contribution is 2.24. The standard InChI is InChI=1S/C17H17N3O2S/c1-2-4-14(5-3-1)16-18-17(22-19-16)15-11-20(7-8-21-15)10-13-6-9-23-12-13/h1-6,9,12,15H,7-8,10-11H2/t15-/m1/s1. The molecule has 2 aromatic heterocycles. The molecule has 0 saturated carbocycles. The van der Waals surface area contributed by atoms with Crippen LogP contribution in [0.2, 0.25) is 0 Å². The first kappa shape index (κ1) is 14.6. The van der Waals surface area contributed by atoms with E-state index < -0.39 is 0 Å². The molecule has 1 aliphatic heterocycles. The number of aromatic nitrogens is 2. The number of ether oxygens (including phenoxy) is 1. The summed E-state index contributed by atoms with van der Waals surface area (Å²) in [5.41, 5.74) is 2.29. The molecule has 1 saturated heterocycles. The summed E-state index contributed by atoms with van der Waals surface area (Å²) in [6.45, 7) is 3.30. The highest BCUT2D eigenvalue weighted by molar-refractivity contribution is 7.07. The molecule has 1 fully saturated rings. The van der Waals surface area contributed by atoms with Gasteiger partial charge in [0.15, 0.2) is 0 Å². The lowest BCUT2D eigenvalue weighted by molar-refractivity contribution is -0.0474. The number of thiophene rings is 1. The fourth-order valence-corrected chi connectivity index (χ4v) is 3.37. The van der Waals surface area contributed by atoms with E-state index in [9.17, 15) is 0 Å². The highest BCUT2D eigenvalue weighted by Gasteiger charge is 2.27. The number of hydrogen-bond donors (Lipinski definition) is 0. The normalized spacial score (nSPS) is 19.0. The van der Waals surface area contributed by atoms with Gasteiger partial charge in [-0.2, -0.15) is 16.3 Å². The van der Waals surface area contributed by atoms with Gasteiger partial charge >= 0.3 is 0 Å². The van der Waals surface area contributed by atoms with Crippen molar-refractivity contribution in [3.63, 3.8) is 0 Å². The molecule has 1 atom stereocenters. The Labute approximate surface area is 138 Å². The minimum absolute atomic E-state index is 0.160. The van der Waals surface area contributed by atoms with E-state index in [1.807, 2.05) is 30.3 Å². The highest BCUT2D eigenvalue weighted by atomic mass is 32.1. The lowest BCUT2D eigenvalue weighted by Crippen LogP contribution is -2.37. The van der Waals surface area contributed by atoms with Crippen LogP contribution in [0, 0.1) is 0 Å². The van der Waals surface area contributed by atoms with E-state index in [4.69, 9.17) is 9.26 Å². The zero-order valence-electron chi connectivity index (χ0n) is 12.6. The topological polar surface area (TPSA) is 51.4 Å². The predicted molar refractivity (Wildman–Crippen MR) is 88.0 cm³/mol. The van der Waals surface area contributed by atoms with Crippen molar-refractivity contribution in [3.05, 3.63) is 58.6 Å². The summed E-state index contributed by atoms with van der Waals surface area (Å²) in [7, 11) is 0. The largest absolute Gasteiger partial charge is 0.366 e. The van der Waals surface area contributed by atoms with Gasteiger partial charge in [0.25, 0.3) is 5.89 Å². The summed E-state index contributed by atoms with van der Waals surface area (Å²) in [4.78, 5) is 6.87. The van der Waals surface area contributed by atoms with Gasteiger partial charge in [-0.05, 0) is 22.4 Å². The maximum absolute atomic E-state index is 5.83. The summed E-state index contributed by atoms with van der Waals surface area (Å²) in [6, 6.07) is 12.0. The van der Waals surface area contributed by atoms with Crippen LogP contribution >= 0.6 is 11.3 Å². The molecule has 5 nitrogen and oxygen atoms in total. The molecule has 6 heteroatoms. The lowest BCUT2D eigenvalue weighted by Gasteiger charge is -2.30. The second kappa shape index (κ2) is 6.62. The SMILES string of the molecule is c1ccc(-c2noc([C@H]3CN(Cc4ccsc4)CCO3)n2)cc1. The monoisotopic (exact) mass is 327 g/mol. The van der Waals surface area contributed by atoms with Crippen molar-refractivity contribution in [2.75, 3.05) is 19.7 Å². The van der Waals surface area contributed by atoms with E-state index in [1.165, 1.54) is 5.56 Å². The third kappa shape index (κ3) is 3.34. The molecular formula is C17H17N3O2S. The van der Waals surface area contributed by atoms with E-state index in [0.29, 0.717) is 18.3 Å². The van der Waals surface area contributed by atoms with Crippen LogP contribution in [0.25, 0.3) is 11.4 Å². The van der Waals surface area contributed by atoms with Gasteiger partial charge in [-0.1, -0.05) is 35.5 Å². The Morgan fingerprint density at radius 3 is 2.96 bits per heavy atom. The number of benzene rings is 1. The molecule has 23 heavy (non-hydrogen) atoms. The maximum Gasteiger partial charge on any atom is 0.257 e. The van der Waals surface area contributed by atoms with Gasteiger partial charge in [0, 0.05) is 25.2 Å². The van der Waals surface area contributed by atoms with Crippen molar-refractivity contribution >= 4 is 11.3 Å². The van der Waals surface area contributed by atoms with Crippen molar-refractivity contribution < 1.29 is 9.26 Å². The smallest absolute Gasteiger partial charge is 0.257 e. The van der Waals surface area contributed by atoms with Crippen LogP contribution < -0.4 is 0 Å². The summed E-state index contributed by atoms with van der Waals surface area (Å²) >= 11 is 1.73. The second-order valence-electron chi connectivity index (χ2n) is 5.55. The molecule has 3 heterocycles. The molecule has 0 aliphatic carbocycles. The fraction of sp³-hybridized carbons (Fsp3) is 0.294. The number of hydrogen-bond acceptors (Lipinski definition) is 6. The number of rotatable bonds is 4.